The Morgan fingerprint density at radius 2 is 1.84 bits per heavy atom. The highest BCUT2D eigenvalue weighted by atomic mass is 16.5. The van der Waals surface area contributed by atoms with Gasteiger partial charge in [-0.2, -0.15) is 10.2 Å². The summed E-state index contributed by atoms with van der Waals surface area (Å²) in [6.45, 7) is 4.19. The SMILES string of the molecule is COCCNC(=O)C(C)n1nc(C)c2nn(-c3ccccc3)c(-n3cccc3)c2c1=O. The number of carbonyl (C=O) groups is 1. The van der Waals surface area contributed by atoms with Crippen LogP contribution in [0.4, 0.5) is 0 Å². The van der Waals surface area contributed by atoms with Gasteiger partial charge in [0.15, 0.2) is 5.82 Å². The number of hydrogen-bond donors (Lipinski definition) is 1. The normalized spacial score (nSPS) is 12.2. The maximum Gasteiger partial charge on any atom is 0.280 e. The lowest BCUT2D eigenvalue weighted by molar-refractivity contribution is -0.124. The fourth-order valence-electron chi connectivity index (χ4n) is 3.49. The van der Waals surface area contributed by atoms with Gasteiger partial charge in [-0.05, 0) is 38.1 Å². The molecule has 0 spiro atoms. The van der Waals surface area contributed by atoms with Gasteiger partial charge in [0.05, 0.1) is 18.0 Å². The number of methoxy groups -OCH3 is 1. The predicted octanol–water partition coefficient (Wildman–Crippen LogP) is 2.00. The largest absolute Gasteiger partial charge is 0.383 e. The summed E-state index contributed by atoms with van der Waals surface area (Å²) in [6.07, 6.45) is 3.71. The summed E-state index contributed by atoms with van der Waals surface area (Å²) in [5, 5.41) is 12.3. The number of rotatable bonds is 7. The zero-order valence-corrected chi connectivity index (χ0v) is 17.6. The Morgan fingerprint density at radius 1 is 1.13 bits per heavy atom. The van der Waals surface area contributed by atoms with Crippen molar-refractivity contribution in [2.45, 2.75) is 19.9 Å². The van der Waals surface area contributed by atoms with E-state index >= 15 is 0 Å². The van der Waals surface area contributed by atoms with E-state index in [1.165, 1.54) is 4.68 Å². The lowest BCUT2D eigenvalue weighted by atomic mass is 10.2. The number of hydrogen-bond acceptors (Lipinski definition) is 5. The molecule has 4 rings (SSSR count). The molecule has 1 N–H and O–H groups in total. The molecule has 31 heavy (non-hydrogen) atoms. The molecule has 3 aromatic heterocycles. The van der Waals surface area contributed by atoms with Crippen molar-refractivity contribution in [3.63, 3.8) is 0 Å². The average molecular weight is 420 g/mol. The minimum atomic E-state index is -0.787. The first kappa shape index (κ1) is 20.5. The number of nitrogens with zero attached hydrogens (tertiary/aromatic N) is 5. The molecule has 0 aliphatic rings. The maximum atomic E-state index is 13.5. The van der Waals surface area contributed by atoms with Crippen LogP contribution < -0.4 is 10.9 Å². The number of carbonyl (C=O) groups excluding carboxylic acids is 1. The molecule has 0 saturated carbocycles. The van der Waals surface area contributed by atoms with Gasteiger partial charge < -0.3 is 14.6 Å². The average Bonchev–Trinajstić information content (AvgIpc) is 3.44. The zero-order chi connectivity index (χ0) is 22.0. The third-order valence-electron chi connectivity index (χ3n) is 5.08. The minimum absolute atomic E-state index is 0.302. The van der Waals surface area contributed by atoms with E-state index in [2.05, 4.69) is 10.4 Å². The van der Waals surface area contributed by atoms with Crippen molar-refractivity contribution < 1.29 is 9.53 Å². The molecule has 0 aliphatic carbocycles. The van der Waals surface area contributed by atoms with Crippen LogP contribution in [-0.4, -0.2) is 50.3 Å². The van der Waals surface area contributed by atoms with E-state index in [4.69, 9.17) is 9.84 Å². The zero-order valence-electron chi connectivity index (χ0n) is 17.6. The second-order valence-electron chi connectivity index (χ2n) is 7.18. The molecule has 1 unspecified atom stereocenters. The number of amides is 1. The monoisotopic (exact) mass is 420 g/mol. The van der Waals surface area contributed by atoms with Crippen molar-refractivity contribution in [1.29, 1.82) is 0 Å². The summed E-state index contributed by atoms with van der Waals surface area (Å²) in [5.41, 5.74) is 1.51. The van der Waals surface area contributed by atoms with Gasteiger partial charge in [0.25, 0.3) is 5.56 Å². The van der Waals surface area contributed by atoms with Gasteiger partial charge in [-0.3, -0.25) is 9.59 Å². The fourth-order valence-corrected chi connectivity index (χ4v) is 3.49. The van der Waals surface area contributed by atoms with E-state index in [0.717, 1.165) is 5.69 Å². The van der Waals surface area contributed by atoms with E-state index in [0.29, 0.717) is 35.6 Å². The molecule has 4 aromatic rings. The lowest BCUT2D eigenvalue weighted by Crippen LogP contribution is -2.38. The van der Waals surface area contributed by atoms with Crippen LogP contribution in [0.3, 0.4) is 0 Å². The smallest absolute Gasteiger partial charge is 0.280 e. The third kappa shape index (κ3) is 3.75. The minimum Gasteiger partial charge on any atom is -0.383 e. The highest BCUT2D eigenvalue weighted by molar-refractivity contribution is 5.88. The standard InChI is InChI=1S/C22H24N6O3/c1-15-19-18(22(30)27(24-15)16(2)20(29)23-11-14-31-3)21(26-12-7-8-13-26)28(25-19)17-9-5-4-6-10-17/h4-10,12-13,16H,11,14H2,1-3H3,(H,23,29). The molecular formula is C22H24N6O3. The summed E-state index contributed by atoms with van der Waals surface area (Å²) >= 11 is 0. The van der Waals surface area contributed by atoms with Crippen molar-refractivity contribution in [2.75, 3.05) is 20.3 Å². The van der Waals surface area contributed by atoms with E-state index in [-0.39, 0.29) is 11.5 Å². The Bertz CT molecular complexity index is 1260. The second-order valence-corrected chi connectivity index (χ2v) is 7.18. The highest BCUT2D eigenvalue weighted by Crippen LogP contribution is 2.25. The summed E-state index contributed by atoms with van der Waals surface area (Å²) in [4.78, 5) is 26.1. The van der Waals surface area contributed by atoms with Crippen molar-refractivity contribution in [3.05, 3.63) is 70.9 Å². The molecular weight excluding hydrogens is 396 g/mol. The van der Waals surface area contributed by atoms with Crippen molar-refractivity contribution in [2.24, 2.45) is 0 Å². The number of ether oxygens (including phenoxy) is 1. The van der Waals surface area contributed by atoms with Crippen LogP contribution in [0.1, 0.15) is 18.7 Å². The van der Waals surface area contributed by atoms with Crippen molar-refractivity contribution in [3.8, 4) is 11.5 Å². The lowest BCUT2D eigenvalue weighted by Gasteiger charge is -2.15. The van der Waals surface area contributed by atoms with Gasteiger partial charge >= 0.3 is 0 Å². The molecule has 0 fully saturated rings. The number of para-hydroxylation sites is 1. The molecule has 160 valence electrons. The van der Waals surface area contributed by atoms with Crippen LogP contribution in [0, 0.1) is 6.92 Å². The molecule has 0 saturated heterocycles. The van der Waals surface area contributed by atoms with Crippen LogP contribution >= 0.6 is 0 Å². The van der Waals surface area contributed by atoms with E-state index in [9.17, 15) is 9.59 Å². The first-order valence-corrected chi connectivity index (χ1v) is 10.0. The van der Waals surface area contributed by atoms with Gasteiger partial charge in [-0.1, -0.05) is 18.2 Å². The second kappa shape index (κ2) is 8.57. The highest BCUT2D eigenvalue weighted by Gasteiger charge is 2.25. The molecule has 1 aromatic carbocycles. The van der Waals surface area contributed by atoms with Gasteiger partial charge in [0.1, 0.15) is 16.9 Å². The van der Waals surface area contributed by atoms with E-state index < -0.39 is 6.04 Å². The van der Waals surface area contributed by atoms with Crippen LogP contribution in [0.2, 0.25) is 0 Å². The summed E-state index contributed by atoms with van der Waals surface area (Å²) < 4.78 is 9.77. The first-order chi connectivity index (χ1) is 15.0. The molecule has 9 heteroatoms. The number of fused-ring (bicyclic) bond motifs is 1. The maximum absolute atomic E-state index is 13.5. The number of aryl methyl sites for hydroxylation is 1. The number of benzene rings is 1. The van der Waals surface area contributed by atoms with Gasteiger partial charge in [-0.15, -0.1) is 0 Å². The Morgan fingerprint density at radius 3 is 2.52 bits per heavy atom. The van der Waals surface area contributed by atoms with Crippen LogP contribution in [0.15, 0.2) is 59.7 Å². The molecule has 3 heterocycles. The van der Waals surface area contributed by atoms with Crippen molar-refractivity contribution >= 4 is 16.8 Å². The quantitative estimate of drug-likeness (QED) is 0.462. The van der Waals surface area contributed by atoms with Crippen LogP contribution in [-0.2, 0) is 9.53 Å². The third-order valence-corrected chi connectivity index (χ3v) is 5.08. The van der Waals surface area contributed by atoms with E-state index in [1.54, 1.807) is 25.6 Å². The molecule has 1 amide bonds. The first-order valence-electron chi connectivity index (χ1n) is 10.0. The molecule has 9 nitrogen and oxygen atoms in total. The molecule has 0 bridgehead atoms. The number of nitrogens with one attached hydrogen (secondary N) is 1. The topological polar surface area (TPSA) is 96.0 Å². The summed E-state index contributed by atoms with van der Waals surface area (Å²) in [6, 6.07) is 12.6. The summed E-state index contributed by atoms with van der Waals surface area (Å²) in [7, 11) is 1.56. The van der Waals surface area contributed by atoms with Crippen LogP contribution in [0.5, 0.6) is 0 Å². The van der Waals surface area contributed by atoms with Gasteiger partial charge in [0, 0.05) is 26.0 Å². The predicted molar refractivity (Wildman–Crippen MR) is 117 cm³/mol. The molecule has 1 atom stereocenters. The Hall–Kier alpha value is -3.72. The Balaban J connectivity index is 1.92. The van der Waals surface area contributed by atoms with Gasteiger partial charge in [0.2, 0.25) is 5.91 Å². The number of aromatic nitrogens is 5. The van der Waals surface area contributed by atoms with Crippen molar-refractivity contribution in [1.82, 2.24) is 29.4 Å². The summed E-state index contributed by atoms with van der Waals surface area (Å²) in [5.74, 6) is 0.297. The fraction of sp³-hybridized carbons (Fsp3) is 0.273. The molecule has 0 aliphatic heterocycles. The Kier molecular flexibility index (Phi) is 5.68. The van der Waals surface area contributed by atoms with Gasteiger partial charge in [-0.25, -0.2) is 9.36 Å². The van der Waals surface area contributed by atoms with E-state index in [1.807, 2.05) is 59.4 Å². The molecule has 0 radical (unpaired) electrons. The Labute approximate surface area is 178 Å². The van der Waals surface area contributed by atoms with Crippen LogP contribution in [0.25, 0.3) is 22.4 Å².